The Balaban J connectivity index is 0.00000256. The zero-order valence-corrected chi connectivity index (χ0v) is 10.9. The molecule has 0 aliphatic carbocycles. The van der Waals surface area contributed by atoms with Crippen LogP contribution in [0.5, 0.6) is 0 Å². The number of likely N-dealkylation sites (N-methyl/N-ethyl adjacent to an activating group) is 1. The molecule has 1 atom stereocenters. The van der Waals surface area contributed by atoms with Crippen molar-refractivity contribution in [3.05, 3.63) is 0 Å². The fraction of sp³-hybridized carbons (Fsp3) is 0.833. The summed E-state index contributed by atoms with van der Waals surface area (Å²) in [4.78, 5) is 18.5. The maximum Gasteiger partial charge on any atom is 0.194 e. The molecule has 4 heteroatoms. The first-order valence-electron chi connectivity index (χ1n) is 5.99. The molecule has 0 saturated carbocycles. The smallest absolute Gasteiger partial charge is 0.194 e. The molecule has 1 aliphatic heterocycles. The quantitative estimate of drug-likeness (QED) is 0.789. The lowest BCUT2D eigenvalue weighted by Crippen LogP contribution is -2.49. The van der Waals surface area contributed by atoms with Gasteiger partial charge in [0, 0.05) is 20.9 Å². The molecule has 16 heavy (non-hydrogen) atoms. The zero-order chi connectivity index (χ0) is 12.3. The summed E-state index contributed by atoms with van der Waals surface area (Å²) in [5, 5.41) is 3.27. The van der Waals surface area contributed by atoms with Crippen LogP contribution in [0.15, 0.2) is 4.99 Å². The Kier molecular flexibility index (Phi) is 4.33. The number of nitrogens with zero attached hydrogens (tertiary/aromatic N) is 2. The van der Waals surface area contributed by atoms with E-state index in [0.717, 1.165) is 19.0 Å². The van der Waals surface area contributed by atoms with Crippen molar-refractivity contribution in [3.63, 3.8) is 0 Å². The summed E-state index contributed by atoms with van der Waals surface area (Å²) >= 11 is 0. The monoisotopic (exact) mass is 227 g/mol. The summed E-state index contributed by atoms with van der Waals surface area (Å²) in [6.45, 7) is 9.77. The lowest BCUT2D eigenvalue weighted by atomic mass is 9.93. The highest BCUT2D eigenvalue weighted by Crippen LogP contribution is 2.10. The molecule has 94 valence electrons. The van der Waals surface area contributed by atoms with Gasteiger partial charge >= 0.3 is 0 Å². The van der Waals surface area contributed by atoms with E-state index in [0.29, 0.717) is 0 Å². The Morgan fingerprint density at radius 1 is 1.44 bits per heavy atom. The highest BCUT2D eigenvalue weighted by atomic mass is 16.1. The average Bonchev–Trinajstić information content (AvgIpc) is 2.59. The Hall–Kier alpha value is -1.06. The van der Waals surface area contributed by atoms with E-state index in [1.54, 1.807) is 0 Å². The van der Waals surface area contributed by atoms with Gasteiger partial charge in [-0.2, -0.15) is 0 Å². The third-order valence-electron chi connectivity index (χ3n) is 2.89. The number of nitrogens with one attached hydrogen (secondary N) is 1. The molecule has 0 amide bonds. The van der Waals surface area contributed by atoms with Crippen LogP contribution < -0.4 is 5.32 Å². The number of hydrogen-bond donors (Lipinski definition) is 1. The van der Waals surface area contributed by atoms with Gasteiger partial charge in [0.1, 0.15) is 0 Å². The number of rotatable bonds is 4. The van der Waals surface area contributed by atoms with Gasteiger partial charge in [-0.15, -0.1) is 0 Å². The number of aliphatic imine (C=N–C) groups is 1. The lowest BCUT2D eigenvalue weighted by molar-refractivity contribution is -0.124. The molecule has 0 aromatic rings. The molecule has 0 aromatic carbocycles. The van der Waals surface area contributed by atoms with Gasteiger partial charge < -0.3 is 10.2 Å². The predicted molar refractivity (Wildman–Crippen MR) is 68.7 cm³/mol. The summed E-state index contributed by atoms with van der Waals surface area (Å²) in [5.41, 5.74) is 0. The van der Waals surface area contributed by atoms with Crippen molar-refractivity contribution in [2.24, 2.45) is 16.8 Å². The molecule has 0 bridgehead atoms. The highest BCUT2D eigenvalue weighted by molar-refractivity contribution is 5.91. The van der Waals surface area contributed by atoms with E-state index in [4.69, 9.17) is 0 Å². The normalized spacial score (nSPS) is 17.9. The van der Waals surface area contributed by atoms with Crippen molar-refractivity contribution in [2.75, 3.05) is 20.1 Å². The third kappa shape index (κ3) is 2.97. The summed E-state index contributed by atoms with van der Waals surface area (Å²) in [6.07, 6.45) is 0. The van der Waals surface area contributed by atoms with Crippen LogP contribution in [-0.2, 0) is 4.79 Å². The Morgan fingerprint density at radius 3 is 2.44 bits per heavy atom. The van der Waals surface area contributed by atoms with E-state index in [1.807, 2.05) is 20.9 Å². The van der Waals surface area contributed by atoms with Crippen molar-refractivity contribution >= 4 is 11.7 Å². The lowest BCUT2D eigenvalue weighted by Gasteiger charge is -2.26. The van der Waals surface area contributed by atoms with Crippen LogP contribution in [0.1, 0.15) is 29.1 Å². The van der Waals surface area contributed by atoms with E-state index >= 15 is 0 Å². The van der Waals surface area contributed by atoms with Crippen LogP contribution in [0.2, 0.25) is 0 Å². The molecule has 0 radical (unpaired) electrons. The number of ketones is 1. The summed E-state index contributed by atoms with van der Waals surface area (Å²) < 4.78 is 0. The number of hydrogen-bond acceptors (Lipinski definition) is 4. The third-order valence-corrected chi connectivity index (χ3v) is 2.89. The van der Waals surface area contributed by atoms with Crippen LogP contribution in [0.4, 0.5) is 0 Å². The van der Waals surface area contributed by atoms with Crippen molar-refractivity contribution in [1.29, 1.82) is 0 Å². The second-order valence-electron chi connectivity index (χ2n) is 5.05. The number of carbonyl (C=O) groups is 1. The minimum Gasteiger partial charge on any atom is -0.346 e. The minimum atomic E-state index is -0.126. The first kappa shape index (κ1) is 13.0. The van der Waals surface area contributed by atoms with E-state index < -0.39 is 0 Å². The average molecular weight is 227 g/mol. The highest BCUT2D eigenvalue weighted by Gasteiger charge is 2.27. The summed E-state index contributed by atoms with van der Waals surface area (Å²) in [5.74, 6) is 1.46. The molecule has 0 saturated heterocycles. The van der Waals surface area contributed by atoms with Gasteiger partial charge in [0.15, 0.2) is 11.7 Å². The number of Topliss-reactive ketones (excluding diaryl/α,β-unsaturated/α-hetero) is 1. The minimum absolute atomic E-state index is 0. The molecule has 1 rings (SSSR count). The molecule has 0 unspecified atom stereocenters. The fourth-order valence-corrected chi connectivity index (χ4v) is 1.75. The Labute approximate surface area is 99.6 Å². The summed E-state index contributed by atoms with van der Waals surface area (Å²) in [7, 11) is 2.00. The molecule has 1 heterocycles. The van der Waals surface area contributed by atoms with Crippen LogP contribution >= 0.6 is 0 Å². The van der Waals surface area contributed by atoms with Crippen molar-refractivity contribution in [2.45, 2.75) is 33.7 Å². The first-order chi connectivity index (χ1) is 7.43. The maximum absolute atomic E-state index is 12.0. The molecule has 1 N–H and O–H groups in total. The Morgan fingerprint density at radius 2 is 2.06 bits per heavy atom. The molecular weight excluding hydrogens is 202 g/mol. The standard InChI is InChI=1S/C12H23N3O.H2/c1-8(2)10(11(16)9(3)4)14-12-13-6-7-15(12)5;/h8-10H,6-7H2,1-5H3,(H,13,14);1H/t10-;/m0./s1. The number of carbonyl (C=O) groups excluding carboxylic acids is 1. The van der Waals surface area contributed by atoms with E-state index in [2.05, 4.69) is 29.1 Å². The molecule has 4 nitrogen and oxygen atoms in total. The largest absolute Gasteiger partial charge is 0.346 e. The molecule has 0 spiro atoms. The van der Waals surface area contributed by atoms with E-state index in [9.17, 15) is 4.79 Å². The van der Waals surface area contributed by atoms with Gasteiger partial charge in [-0.05, 0) is 5.92 Å². The van der Waals surface area contributed by atoms with E-state index in [1.165, 1.54) is 0 Å². The van der Waals surface area contributed by atoms with Crippen molar-refractivity contribution < 1.29 is 6.22 Å². The fourth-order valence-electron chi connectivity index (χ4n) is 1.75. The molecule has 1 aliphatic rings. The van der Waals surface area contributed by atoms with Crippen LogP contribution in [-0.4, -0.2) is 42.8 Å². The van der Waals surface area contributed by atoms with Crippen LogP contribution in [0.25, 0.3) is 0 Å². The van der Waals surface area contributed by atoms with Gasteiger partial charge in [0.25, 0.3) is 0 Å². The second kappa shape index (κ2) is 5.32. The van der Waals surface area contributed by atoms with Gasteiger partial charge in [-0.25, -0.2) is 0 Å². The summed E-state index contributed by atoms with van der Waals surface area (Å²) in [6, 6.07) is -0.126. The zero-order valence-electron chi connectivity index (χ0n) is 10.9. The first-order valence-corrected chi connectivity index (χ1v) is 5.99. The van der Waals surface area contributed by atoms with Gasteiger partial charge in [0.05, 0.1) is 12.6 Å². The van der Waals surface area contributed by atoms with Gasteiger partial charge in [-0.1, -0.05) is 27.7 Å². The Bertz CT molecular complexity index is 289. The van der Waals surface area contributed by atoms with Crippen LogP contribution in [0.3, 0.4) is 0 Å². The van der Waals surface area contributed by atoms with Crippen LogP contribution in [0, 0.1) is 11.8 Å². The SMILES string of the molecule is CC(C)C(=O)[C@@H](NC1=NCCN1C)C(C)C.[HH]. The predicted octanol–water partition coefficient (Wildman–Crippen LogP) is 1.37. The van der Waals surface area contributed by atoms with Crippen molar-refractivity contribution in [3.8, 4) is 0 Å². The topological polar surface area (TPSA) is 44.7 Å². The second-order valence-corrected chi connectivity index (χ2v) is 5.05. The maximum atomic E-state index is 12.0. The van der Waals surface area contributed by atoms with Crippen molar-refractivity contribution in [1.82, 2.24) is 10.2 Å². The molecule has 0 aromatic heterocycles. The van der Waals surface area contributed by atoms with Gasteiger partial charge in [0.2, 0.25) is 0 Å². The number of guanidine groups is 1. The molecular formula is C12H25N3O. The molecule has 0 fully saturated rings. The van der Waals surface area contributed by atoms with Gasteiger partial charge in [-0.3, -0.25) is 9.79 Å². The van der Waals surface area contributed by atoms with E-state index in [-0.39, 0.29) is 25.1 Å².